The molecule has 15 heavy (non-hydrogen) atoms. The monoisotopic (exact) mass is 211 g/mol. The van der Waals surface area contributed by atoms with Crippen LogP contribution < -0.4 is 10.9 Å². The van der Waals surface area contributed by atoms with Crippen molar-refractivity contribution in [2.75, 3.05) is 13.2 Å². The van der Waals surface area contributed by atoms with Crippen molar-refractivity contribution >= 4 is 0 Å². The summed E-state index contributed by atoms with van der Waals surface area (Å²) in [4.78, 5) is 18.5. The number of H-pyrrole nitrogens is 1. The molecule has 0 aromatic carbocycles. The van der Waals surface area contributed by atoms with Gasteiger partial charge in [-0.05, 0) is 13.5 Å². The fraction of sp³-hybridized carbons (Fsp3) is 0.600. The van der Waals surface area contributed by atoms with Crippen molar-refractivity contribution in [2.24, 2.45) is 0 Å². The Kier molecular flexibility index (Phi) is 4.45. The van der Waals surface area contributed by atoms with E-state index in [4.69, 9.17) is 5.11 Å². The van der Waals surface area contributed by atoms with Crippen LogP contribution in [0.3, 0.4) is 0 Å². The smallest absolute Gasteiger partial charge is 0.254 e. The number of aromatic amines is 1. The molecule has 1 aromatic heterocycles. The number of rotatable bonds is 5. The lowest BCUT2D eigenvalue weighted by Gasteiger charge is -2.06. The molecule has 5 nitrogen and oxygen atoms in total. The lowest BCUT2D eigenvalue weighted by Crippen LogP contribution is -2.23. The van der Waals surface area contributed by atoms with E-state index in [1.807, 2.05) is 6.92 Å². The maximum Gasteiger partial charge on any atom is 0.254 e. The van der Waals surface area contributed by atoms with Crippen LogP contribution in [-0.2, 0) is 13.0 Å². The normalized spacial score (nSPS) is 10.6. The summed E-state index contributed by atoms with van der Waals surface area (Å²) < 4.78 is 0. The second-order valence-corrected chi connectivity index (χ2v) is 3.33. The van der Waals surface area contributed by atoms with Gasteiger partial charge in [-0.25, -0.2) is 4.98 Å². The maximum atomic E-state index is 11.6. The first-order valence-electron chi connectivity index (χ1n) is 5.09. The molecule has 84 valence electrons. The second kappa shape index (κ2) is 5.63. The third-order valence-corrected chi connectivity index (χ3v) is 2.18. The zero-order chi connectivity index (χ0) is 11.3. The van der Waals surface area contributed by atoms with Crippen LogP contribution in [0.5, 0.6) is 0 Å². The summed E-state index contributed by atoms with van der Waals surface area (Å²) in [5, 5.41) is 11.9. The van der Waals surface area contributed by atoms with Crippen molar-refractivity contribution in [1.82, 2.24) is 15.3 Å². The first kappa shape index (κ1) is 11.9. The number of aliphatic hydroxyl groups excluding tert-OH is 1. The Balaban J connectivity index is 2.92. The molecule has 1 aromatic rings. The van der Waals surface area contributed by atoms with Gasteiger partial charge in [0, 0.05) is 24.3 Å². The molecule has 0 fully saturated rings. The van der Waals surface area contributed by atoms with E-state index in [2.05, 4.69) is 15.3 Å². The van der Waals surface area contributed by atoms with E-state index >= 15 is 0 Å². The van der Waals surface area contributed by atoms with Gasteiger partial charge in [0.25, 0.3) is 5.56 Å². The zero-order valence-corrected chi connectivity index (χ0v) is 9.13. The van der Waals surface area contributed by atoms with Crippen LogP contribution in [0, 0.1) is 6.92 Å². The van der Waals surface area contributed by atoms with Gasteiger partial charge >= 0.3 is 0 Å². The van der Waals surface area contributed by atoms with Crippen molar-refractivity contribution in [3.63, 3.8) is 0 Å². The molecule has 0 aliphatic rings. The van der Waals surface area contributed by atoms with Gasteiger partial charge < -0.3 is 15.4 Å². The topological polar surface area (TPSA) is 78.0 Å². The predicted molar refractivity (Wildman–Crippen MR) is 57.8 cm³/mol. The largest absolute Gasteiger partial charge is 0.396 e. The van der Waals surface area contributed by atoms with Crippen LogP contribution in [0.2, 0.25) is 0 Å². The molecular formula is C10H17N3O2. The second-order valence-electron chi connectivity index (χ2n) is 3.33. The number of aliphatic hydroxyl groups is 1. The van der Waals surface area contributed by atoms with Gasteiger partial charge in [0.05, 0.1) is 6.54 Å². The zero-order valence-electron chi connectivity index (χ0n) is 9.13. The summed E-state index contributed by atoms with van der Waals surface area (Å²) in [5.41, 5.74) is 1.11. The van der Waals surface area contributed by atoms with E-state index < -0.39 is 0 Å². The molecule has 0 radical (unpaired) electrons. The summed E-state index contributed by atoms with van der Waals surface area (Å²) >= 11 is 0. The summed E-state index contributed by atoms with van der Waals surface area (Å²) in [7, 11) is 0. The van der Waals surface area contributed by atoms with Crippen molar-refractivity contribution in [3.05, 3.63) is 27.4 Å². The molecule has 0 aliphatic carbocycles. The fourth-order valence-corrected chi connectivity index (χ4v) is 1.40. The fourth-order valence-electron chi connectivity index (χ4n) is 1.40. The highest BCUT2D eigenvalue weighted by Gasteiger charge is 2.06. The highest BCUT2D eigenvalue weighted by Crippen LogP contribution is 1.99. The number of aryl methyl sites for hydroxylation is 1. The van der Waals surface area contributed by atoms with E-state index in [1.165, 1.54) is 0 Å². The lowest BCUT2D eigenvalue weighted by atomic mass is 10.2. The van der Waals surface area contributed by atoms with Crippen molar-refractivity contribution in [1.29, 1.82) is 0 Å². The van der Waals surface area contributed by atoms with Crippen molar-refractivity contribution < 1.29 is 5.11 Å². The minimum Gasteiger partial charge on any atom is -0.396 e. The highest BCUT2D eigenvalue weighted by atomic mass is 16.3. The summed E-state index contributed by atoms with van der Waals surface area (Å²) in [6.45, 7) is 5.14. The van der Waals surface area contributed by atoms with Crippen LogP contribution in [0.15, 0.2) is 4.79 Å². The first-order valence-corrected chi connectivity index (χ1v) is 5.09. The Labute approximate surface area is 88.6 Å². The van der Waals surface area contributed by atoms with Gasteiger partial charge in [-0.3, -0.25) is 4.79 Å². The standard InChI is InChI=1S/C10H17N3O2/c1-3-11-6-9-12-7(2)8(4-5-14)10(15)13-9/h11,14H,3-6H2,1-2H3,(H,12,13,15). The summed E-state index contributed by atoms with van der Waals surface area (Å²) in [6.07, 6.45) is 0.357. The number of hydrogen-bond donors (Lipinski definition) is 3. The predicted octanol–water partition coefficient (Wildman–Crippen LogP) is -0.277. The van der Waals surface area contributed by atoms with Crippen LogP contribution in [0.25, 0.3) is 0 Å². The molecule has 0 aliphatic heterocycles. The molecule has 0 bridgehead atoms. The minimum absolute atomic E-state index is 0.0296. The Morgan fingerprint density at radius 2 is 2.27 bits per heavy atom. The van der Waals surface area contributed by atoms with Crippen LogP contribution in [0.1, 0.15) is 24.0 Å². The molecular weight excluding hydrogens is 194 g/mol. The molecule has 0 saturated heterocycles. The Hall–Kier alpha value is -1.20. The third kappa shape index (κ3) is 3.14. The van der Waals surface area contributed by atoms with Crippen LogP contribution >= 0.6 is 0 Å². The molecule has 0 saturated carbocycles. The minimum atomic E-state index is -0.149. The van der Waals surface area contributed by atoms with E-state index in [-0.39, 0.29) is 12.2 Å². The maximum absolute atomic E-state index is 11.6. The summed E-state index contributed by atoms with van der Waals surface area (Å²) in [5.74, 6) is 0.640. The quantitative estimate of drug-likeness (QED) is 0.626. The number of hydrogen-bond acceptors (Lipinski definition) is 4. The van der Waals surface area contributed by atoms with Crippen molar-refractivity contribution in [2.45, 2.75) is 26.8 Å². The number of nitrogens with zero attached hydrogens (tertiary/aromatic N) is 1. The molecule has 1 heterocycles. The summed E-state index contributed by atoms with van der Waals surface area (Å²) in [6, 6.07) is 0. The average Bonchev–Trinajstić information content (AvgIpc) is 2.20. The van der Waals surface area contributed by atoms with E-state index in [0.717, 1.165) is 6.54 Å². The van der Waals surface area contributed by atoms with Crippen LogP contribution in [0.4, 0.5) is 0 Å². The Bertz CT molecular complexity index is 373. The van der Waals surface area contributed by atoms with Gasteiger partial charge in [-0.2, -0.15) is 0 Å². The first-order chi connectivity index (χ1) is 7.19. The van der Waals surface area contributed by atoms with E-state index in [1.54, 1.807) is 6.92 Å². The van der Waals surface area contributed by atoms with Gasteiger partial charge in [0.15, 0.2) is 0 Å². The Morgan fingerprint density at radius 3 is 2.80 bits per heavy atom. The Morgan fingerprint density at radius 1 is 1.53 bits per heavy atom. The van der Waals surface area contributed by atoms with Gasteiger partial charge in [-0.1, -0.05) is 6.92 Å². The molecule has 3 N–H and O–H groups in total. The lowest BCUT2D eigenvalue weighted by molar-refractivity contribution is 0.298. The molecule has 0 amide bonds. The highest BCUT2D eigenvalue weighted by molar-refractivity contribution is 5.16. The number of nitrogens with one attached hydrogen (secondary N) is 2. The molecule has 0 spiro atoms. The van der Waals surface area contributed by atoms with Gasteiger partial charge in [-0.15, -0.1) is 0 Å². The third-order valence-electron chi connectivity index (χ3n) is 2.18. The van der Waals surface area contributed by atoms with E-state index in [9.17, 15) is 4.79 Å². The van der Waals surface area contributed by atoms with Crippen molar-refractivity contribution in [3.8, 4) is 0 Å². The van der Waals surface area contributed by atoms with Gasteiger partial charge in [0.1, 0.15) is 5.82 Å². The molecule has 0 unspecified atom stereocenters. The van der Waals surface area contributed by atoms with E-state index in [0.29, 0.717) is 30.0 Å². The van der Waals surface area contributed by atoms with Gasteiger partial charge in [0.2, 0.25) is 0 Å². The average molecular weight is 211 g/mol. The molecule has 1 rings (SSSR count). The number of aromatic nitrogens is 2. The SMILES string of the molecule is CCNCc1nc(C)c(CCO)c(=O)[nH]1. The molecule has 5 heteroatoms. The van der Waals surface area contributed by atoms with Crippen LogP contribution in [-0.4, -0.2) is 28.2 Å². The molecule has 0 atom stereocenters.